The first-order valence-corrected chi connectivity index (χ1v) is 7.43. The summed E-state index contributed by atoms with van der Waals surface area (Å²) in [6, 6.07) is 7.31. The molecule has 0 unspecified atom stereocenters. The summed E-state index contributed by atoms with van der Waals surface area (Å²) in [6.45, 7) is 1.71. The minimum Gasteiger partial charge on any atom is -0.481 e. The smallest absolute Gasteiger partial charge is 0.303 e. The van der Waals surface area contributed by atoms with Gasteiger partial charge < -0.3 is 5.11 Å². The lowest BCUT2D eigenvalue weighted by molar-refractivity contribution is -0.136. The highest BCUT2D eigenvalue weighted by molar-refractivity contribution is 6.33. The molecule has 0 aliphatic carbocycles. The third kappa shape index (κ3) is 2.73. The van der Waals surface area contributed by atoms with Crippen molar-refractivity contribution in [1.29, 1.82) is 0 Å². The van der Waals surface area contributed by atoms with Crippen LogP contribution in [0.1, 0.15) is 17.7 Å². The molecule has 0 amide bonds. The lowest BCUT2D eigenvalue weighted by Crippen LogP contribution is -2.22. The summed E-state index contributed by atoms with van der Waals surface area (Å²) in [4.78, 5) is 27.8. The lowest BCUT2D eigenvalue weighted by atomic mass is 10.1. The molecule has 2 aromatic heterocycles. The van der Waals surface area contributed by atoms with Gasteiger partial charge in [0.2, 0.25) is 0 Å². The van der Waals surface area contributed by atoms with Crippen molar-refractivity contribution in [2.75, 3.05) is 0 Å². The van der Waals surface area contributed by atoms with Crippen LogP contribution in [0.25, 0.3) is 16.8 Å². The molecule has 23 heavy (non-hydrogen) atoms. The van der Waals surface area contributed by atoms with Gasteiger partial charge in [0, 0.05) is 40.0 Å². The molecule has 2 heterocycles. The lowest BCUT2D eigenvalue weighted by Gasteiger charge is -2.06. The van der Waals surface area contributed by atoms with Crippen LogP contribution in [-0.2, 0) is 11.2 Å². The van der Waals surface area contributed by atoms with Crippen molar-refractivity contribution in [1.82, 2.24) is 14.6 Å². The number of aromatic nitrogens is 3. The second-order valence-electron chi connectivity index (χ2n) is 5.20. The zero-order valence-corrected chi connectivity index (χ0v) is 13.1. The number of halogens is 1. The average molecular weight is 332 g/mol. The van der Waals surface area contributed by atoms with Crippen molar-refractivity contribution in [3.63, 3.8) is 0 Å². The fourth-order valence-electron chi connectivity index (χ4n) is 2.55. The molecule has 3 rings (SSSR count). The Bertz CT molecular complexity index is 959. The first kappa shape index (κ1) is 15.3. The number of hydrogen-bond donors (Lipinski definition) is 2. The number of carboxylic acids is 1. The highest BCUT2D eigenvalue weighted by Gasteiger charge is 2.16. The predicted molar refractivity (Wildman–Crippen MR) is 87.0 cm³/mol. The van der Waals surface area contributed by atoms with Crippen molar-refractivity contribution in [2.45, 2.75) is 19.8 Å². The number of fused-ring (bicyclic) bond motifs is 1. The van der Waals surface area contributed by atoms with E-state index in [1.54, 1.807) is 19.2 Å². The summed E-state index contributed by atoms with van der Waals surface area (Å²) >= 11 is 6.22. The van der Waals surface area contributed by atoms with Gasteiger partial charge in [-0.15, -0.1) is 0 Å². The molecular formula is C16H14ClN3O3. The van der Waals surface area contributed by atoms with Crippen LogP contribution in [0.2, 0.25) is 5.02 Å². The molecule has 118 valence electrons. The number of aryl methyl sites for hydroxylation is 1. The van der Waals surface area contributed by atoms with Crippen LogP contribution in [0.4, 0.5) is 0 Å². The first-order chi connectivity index (χ1) is 11.0. The van der Waals surface area contributed by atoms with Gasteiger partial charge in [0.25, 0.3) is 5.56 Å². The Morgan fingerprint density at radius 2 is 2.09 bits per heavy atom. The molecule has 1 aromatic carbocycles. The molecule has 0 spiro atoms. The summed E-state index contributed by atoms with van der Waals surface area (Å²) < 4.78 is 1.32. The topological polar surface area (TPSA) is 87.5 Å². The quantitative estimate of drug-likeness (QED) is 0.769. The standard InChI is InChI=1S/C16H14ClN3O3/c1-9-10(6-7-14(21)22)16(23)20-15(19-9)12(8-18-20)11-4-2-3-5-13(11)17/h2-5,8,18H,6-7H2,1H3,(H,21,22). The maximum absolute atomic E-state index is 12.6. The van der Waals surface area contributed by atoms with Gasteiger partial charge in [-0.25, -0.2) is 9.50 Å². The summed E-state index contributed by atoms with van der Waals surface area (Å²) in [6.07, 6.45) is 1.71. The number of aliphatic carboxylic acids is 1. The minimum atomic E-state index is -0.947. The number of H-pyrrole nitrogens is 1. The van der Waals surface area contributed by atoms with Crippen molar-refractivity contribution in [3.05, 3.63) is 57.1 Å². The highest BCUT2D eigenvalue weighted by atomic mass is 35.5. The zero-order chi connectivity index (χ0) is 16.6. The normalized spacial score (nSPS) is 11.0. The van der Waals surface area contributed by atoms with E-state index in [1.807, 2.05) is 18.2 Å². The third-order valence-corrected chi connectivity index (χ3v) is 4.04. The summed E-state index contributed by atoms with van der Waals surface area (Å²) in [5.74, 6) is -0.947. The van der Waals surface area contributed by atoms with Gasteiger partial charge in [-0.1, -0.05) is 29.8 Å². The minimum absolute atomic E-state index is 0.109. The van der Waals surface area contributed by atoms with E-state index >= 15 is 0 Å². The SMILES string of the molecule is Cc1nc2c(-c3ccccc3Cl)c[nH]n2c(=O)c1CCC(=O)O. The van der Waals surface area contributed by atoms with E-state index in [1.165, 1.54) is 4.52 Å². The Morgan fingerprint density at radius 3 is 2.78 bits per heavy atom. The molecule has 2 N–H and O–H groups in total. The predicted octanol–water partition coefficient (Wildman–Crippen LogP) is 2.67. The van der Waals surface area contributed by atoms with Crippen LogP contribution in [0.15, 0.2) is 35.3 Å². The van der Waals surface area contributed by atoms with Crippen LogP contribution in [-0.4, -0.2) is 25.7 Å². The molecule has 7 heteroatoms. The molecule has 3 aromatic rings. The van der Waals surface area contributed by atoms with E-state index in [4.69, 9.17) is 16.7 Å². The molecule has 0 fully saturated rings. The fraction of sp³-hybridized carbons (Fsp3) is 0.188. The van der Waals surface area contributed by atoms with E-state index in [2.05, 4.69) is 10.1 Å². The first-order valence-electron chi connectivity index (χ1n) is 7.05. The van der Waals surface area contributed by atoms with Gasteiger partial charge in [0.05, 0.1) is 0 Å². The second-order valence-corrected chi connectivity index (χ2v) is 5.61. The Balaban J connectivity index is 2.18. The third-order valence-electron chi connectivity index (χ3n) is 3.72. The Kier molecular flexibility index (Phi) is 3.92. The Hall–Kier alpha value is -2.60. The Morgan fingerprint density at radius 1 is 1.35 bits per heavy atom. The van der Waals surface area contributed by atoms with Gasteiger partial charge in [-0.05, 0) is 19.4 Å². The summed E-state index contributed by atoms with van der Waals surface area (Å²) in [5.41, 5.74) is 2.62. The molecule has 0 saturated carbocycles. The maximum atomic E-state index is 12.6. The maximum Gasteiger partial charge on any atom is 0.303 e. The largest absolute Gasteiger partial charge is 0.481 e. The zero-order valence-electron chi connectivity index (χ0n) is 12.3. The van der Waals surface area contributed by atoms with Gasteiger partial charge in [0.1, 0.15) is 0 Å². The number of carboxylic acid groups (broad SMARTS) is 1. The van der Waals surface area contributed by atoms with Gasteiger partial charge >= 0.3 is 5.97 Å². The van der Waals surface area contributed by atoms with Crippen molar-refractivity contribution in [2.24, 2.45) is 0 Å². The van der Waals surface area contributed by atoms with Gasteiger partial charge in [-0.2, -0.15) is 0 Å². The van der Waals surface area contributed by atoms with Crippen LogP contribution in [0.3, 0.4) is 0 Å². The van der Waals surface area contributed by atoms with Crippen molar-refractivity contribution >= 4 is 23.2 Å². The number of benzene rings is 1. The number of aromatic amines is 1. The Labute approximate surface area is 136 Å². The molecule has 6 nitrogen and oxygen atoms in total. The summed E-state index contributed by atoms with van der Waals surface area (Å²) in [5, 5.41) is 12.2. The van der Waals surface area contributed by atoms with Crippen LogP contribution in [0.5, 0.6) is 0 Å². The average Bonchev–Trinajstić information content (AvgIpc) is 2.91. The molecule has 0 aliphatic heterocycles. The van der Waals surface area contributed by atoms with E-state index in [0.717, 1.165) is 11.1 Å². The number of carbonyl (C=O) groups is 1. The van der Waals surface area contributed by atoms with E-state index in [0.29, 0.717) is 21.9 Å². The molecular weight excluding hydrogens is 318 g/mol. The molecule has 0 bridgehead atoms. The molecule has 0 aliphatic rings. The number of nitrogens with one attached hydrogen (secondary N) is 1. The van der Waals surface area contributed by atoms with Gasteiger partial charge in [0.15, 0.2) is 5.65 Å². The highest BCUT2D eigenvalue weighted by Crippen LogP contribution is 2.29. The van der Waals surface area contributed by atoms with Crippen molar-refractivity contribution < 1.29 is 9.90 Å². The molecule has 0 radical (unpaired) electrons. The van der Waals surface area contributed by atoms with Crippen LogP contribution < -0.4 is 5.56 Å². The van der Waals surface area contributed by atoms with Gasteiger partial charge in [-0.3, -0.25) is 14.7 Å². The molecule has 0 atom stereocenters. The number of nitrogens with zero attached hydrogens (tertiary/aromatic N) is 2. The van der Waals surface area contributed by atoms with Crippen LogP contribution >= 0.6 is 11.6 Å². The summed E-state index contributed by atoms with van der Waals surface area (Å²) in [7, 11) is 0. The van der Waals surface area contributed by atoms with Crippen LogP contribution in [0, 0.1) is 6.92 Å². The number of rotatable bonds is 4. The van der Waals surface area contributed by atoms with E-state index in [-0.39, 0.29) is 18.4 Å². The monoisotopic (exact) mass is 331 g/mol. The fourth-order valence-corrected chi connectivity index (χ4v) is 2.79. The molecule has 0 saturated heterocycles. The van der Waals surface area contributed by atoms with E-state index < -0.39 is 5.97 Å². The van der Waals surface area contributed by atoms with E-state index in [9.17, 15) is 9.59 Å². The second kappa shape index (κ2) is 5.89. The van der Waals surface area contributed by atoms with Crippen molar-refractivity contribution in [3.8, 4) is 11.1 Å². The number of hydrogen-bond acceptors (Lipinski definition) is 3.